The molecule has 0 unspecified atom stereocenters. The molecule has 3 heteroatoms. The maximum atomic E-state index is 12.1. The van der Waals surface area contributed by atoms with Crippen LogP contribution in [0.2, 0.25) is 5.02 Å². The highest BCUT2D eigenvalue weighted by Gasteiger charge is 2.08. The van der Waals surface area contributed by atoms with E-state index in [0.29, 0.717) is 6.54 Å². The molecule has 1 amide bonds. The summed E-state index contributed by atoms with van der Waals surface area (Å²) >= 11 is 6.11. The van der Waals surface area contributed by atoms with Crippen LogP contribution in [0.3, 0.4) is 0 Å². The van der Waals surface area contributed by atoms with Gasteiger partial charge >= 0.3 is 0 Å². The van der Waals surface area contributed by atoms with Gasteiger partial charge in [0.1, 0.15) is 0 Å². The first kappa shape index (κ1) is 15.6. The van der Waals surface area contributed by atoms with Crippen LogP contribution in [0.15, 0.2) is 42.5 Å². The Balaban J connectivity index is 1.83. The van der Waals surface area contributed by atoms with Crippen molar-refractivity contribution in [2.45, 2.75) is 26.7 Å². The van der Waals surface area contributed by atoms with Crippen LogP contribution >= 0.6 is 11.6 Å². The Labute approximate surface area is 131 Å². The van der Waals surface area contributed by atoms with Crippen LogP contribution in [0.1, 0.15) is 33.5 Å². The van der Waals surface area contributed by atoms with E-state index in [9.17, 15) is 4.79 Å². The largest absolute Gasteiger partial charge is 0.352 e. The van der Waals surface area contributed by atoms with Crippen molar-refractivity contribution in [3.8, 4) is 0 Å². The summed E-state index contributed by atoms with van der Waals surface area (Å²) in [6, 6.07) is 13.7. The molecule has 2 aromatic rings. The number of nitrogens with one attached hydrogen (secondary N) is 1. The van der Waals surface area contributed by atoms with Crippen molar-refractivity contribution in [2.24, 2.45) is 0 Å². The van der Waals surface area contributed by atoms with Crippen molar-refractivity contribution < 1.29 is 4.79 Å². The van der Waals surface area contributed by atoms with Gasteiger partial charge in [0.2, 0.25) is 0 Å². The fourth-order valence-electron chi connectivity index (χ4n) is 2.35. The summed E-state index contributed by atoms with van der Waals surface area (Å²) in [6.45, 7) is 4.64. The van der Waals surface area contributed by atoms with Crippen LogP contribution in [0.25, 0.3) is 0 Å². The Morgan fingerprint density at radius 1 is 1.14 bits per heavy atom. The van der Waals surface area contributed by atoms with E-state index in [1.807, 2.05) is 56.3 Å². The predicted molar refractivity (Wildman–Crippen MR) is 88.0 cm³/mol. The van der Waals surface area contributed by atoms with E-state index in [1.165, 1.54) is 5.56 Å². The summed E-state index contributed by atoms with van der Waals surface area (Å²) in [5.41, 5.74) is 4.06. The SMILES string of the molecule is Cc1ccc(C(=O)NCCCc2ccccc2Cl)c(C)c1. The molecule has 1 N–H and O–H groups in total. The highest BCUT2D eigenvalue weighted by atomic mass is 35.5. The number of hydrogen-bond acceptors (Lipinski definition) is 1. The molecule has 0 aromatic heterocycles. The average molecular weight is 302 g/mol. The molecule has 2 aromatic carbocycles. The molecule has 0 aliphatic heterocycles. The van der Waals surface area contributed by atoms with E-state index >= 15 is 0 Å². The monoisotopic (exact) mass is 301 g/mol. The lowest BCUT2D eigenvalue weighted by atomic mass is 10.1. The molecule has 0 radical (unpaired) electrons. The average Bonchev–Trinajstić information content (AvgIpc) is 2.45. The van der Waals surface area contributed by atoms with Gasteiger partial charge in [-0.15, -0.1) is 0 Å². The smallest absolute Gasteiger partial charge is 0.251 e. The summed E-state index contributed by atoms with van der Waals surface area (Å²) in [5, 5.41) is 3.76. The summed E-state index contributed by atoms with van der Waals surface area (Å²) in [7, 11) is 0. The minimum absolute atomic E-state index is 0.00772. The first-order valence-corrected chi connectivity index (χ1v) is 7.54. The van der Waals surface area contributed by atoms with E-state index in [1.54, 1.807) is 0 Å². The molecule has 0 saturated heterocycles. The second-order valence-electron chi connectivity index (χ2n) is 5.27. The number of carbonyl (C=O) groups excluding carboxylic acids is 1. The number of benzene rings is 2. The van der Waals surface area contributed by atoms with Gasteiger partial charge in [0.05, 0.1) is 0 Å². The molecule has 0 spiro atoms. The summed E-state index contributed by atoms with van der Waals surface area (Å²) in [6.07, 6.45) is 1.74. The highest BCUT2D eigenvalue weighted by molar-refractivity contribution is 6.31. The van der Waals surface area contributed by atoms with Crippen molar-refractivity contribution in [3.63, 3.8) is 0 Å². The maximum absolute atomic E-state index is 12.1. The minimum atomic E-state index is -0.00772. The van der Waals surface area contributed by atoms with Crippen LogP contribution in [-0.4, -0.2) is 12.5 Å². The third-order valence-corrected chi connectivity index (χ3v) is 3.86. The van der Waals surface area contributed by atoms with Crippen molar-refractivity contribution in [1.29, 1.82) is 0 Å². The lowest BCUT2D eigenvalue weighted by Gasteiger charge is -2.09. The van der Waals surface area contributed by atoms with E-state index in [0.717, 1.165) is 34.6 Å². The molecule has 21 heavy (non-hydrogen) atoms. The minimum Gasteiger partial charge on any atom is -0.352 e. The quantitative estimate of drug-likeness (QED) is 0.819. The summed E-state index contributed by atoms with van der Waals surface area (Å²) in [4.78, 5) is 12.1. The summed E-state index contributed by atoms with van der Waals surface area (Å²) < 4.78 is 0. The third kappa shape index (κ3) is 4.33. The Morgan fingerprint density at radius 2 is 1.90 bits per heavy atom. The molecule has 2 rings (SSSR count). The lowest BCUT2D eigenvalue weighted by molar-refractivity contribution is 0.0952. The van der Waals surface area contributed by atoms with Gasteiger partial charge in [-0.3, -0.25) is 4.79 Å². The lowest BCUT2D eigenvalue weighted by Crippen LogP contribution is -2.25. The molecule has 0 saturated carbocycles. The topological polar surface area (TPSA) is 29.1 Å². The van der Waals surface area contributed by atoms with Gasteiger partial charge in [-0.25, -0.2) is 0 Å². The Bertz CT molecular complexity index is 637. The van der Waals surface area contributed by atoms with Crippen molar-refractivity contribution in [3.05, 3.63) is 69.7 Å². The van der Waals surface area contributed by atoms with E-state index < -0.39 is 0 Å². The van der Waals surface area contributed by atoms with Gasteiger partial charge in [-0.1, -0.05) is 47.5 Å². The second kappa shape index (κ2) is 7.28. The van der Waals surface area contributed by atoms with Crippen molar-refractivity contribution >= 4 is 17.5 Å². The molecule has 0 aliphatic carbocycles. The van der Waals surface area contributed by atoms with E-state index in [-0.39, 0.29) is 5.91 Å². The number of halogens is 1. The molecular formula is C18H20ClNO. The van der Waals surface area contributed by atoms with Gasteiger partial charge in [-0.2, -0.15) is 0 Å². The molecule has 0 bridgehead atoms. The van der Waals surface area contributed by atoms with Crippen LogP contribution in [0, 0.1) is 13.8 Å². The van der Waals surface area contributed by atoms with Crippen LogP contribution < -0.4 is 5.32 Å². The van der Waals surface area contributed by atoms with Gasteiger partial charge in [0, 0.05) is 17.1 Å². The van der Waals surface area contributed by atoms with Gasteiger partial charge in [0.15, 0.2) is 0 Å². The summed E-state index contributed by atoms with van der Waals surface area (Å²) in [5.74, 6) is -0.00772. The van der Waals surface area contributed by atoms with Crippen LogP contribution in [-0.2, 0) is 6.42 Å². The first-order valence-electron chi connectivity index (χ1n) is 7.17. The number of hydrogen-bond donors (Lipinski definition) is 1. The number of rotatable bonds is 5. The molecule has 2 nitrogen and oxygen atoms in total. The van der Waals surface area contributed by atoms with Crippen LogP contribution in [0.4, 0.5) is 0 Å². The zero-order chi connectivity index (χ0) is 15.2. The predicted octanol–water partition coefficient (Wildman–Crippen LogP) is 4.32. The molecule has 0 atom stereocenters. The number of aryl methyl sites for hydroxylation is 3. The molecule has 0 fully saturated rings. The first-order chi connectivity index (χ1) is 10.1. The van der Waals surface area contributed by atoms with Crippen molar-refractivity contribution in [1.82, 2.24) is 5.32 Å². The van der Waals surface area contributed by atoms with Gasteiger partial charge < -0.3 is 5.32 Å². The molecule has 0 heterocycles. The molecule has 110 valence electrons. The van der Waals surface area contributed by atoms with Crippen LogP contribution in [0.5, 0.6) is 0 Å². The van der Waals surface area contributed by atoms with E-state index in [4.69, 9.17) is 11.6 Å². The van der Waals surface area contributed by atoms with Gasteiger partial charge in [0.25, 0.3) is 5.91 Å². The zero-order valence-corrected chi connectivity index (χ0v) is 13.2. The van der Waals surface area contributed by atoms with Gasteiger partial charge in [-0.05, 0) is 49.9 Å². The molecular weight excluding hydrogens is 282 g/mol. The zero-order valence-electron chi connectivity index (χ0n) is 12.4. The number of amides is 1. The Morgan fingerprint density at radius 3 is 2.62 bits per heavy atom. The highest BCUT2D eigenvalue weighted by Crippen LogP contribution is 2.16. The fraction of sp³-hybridized carbons (Fsp3) is 0.278. The Kier molecular flexibility index (Phi) is 5.40. The number of carbonyl (C=O) groups is 1. The fourth-order valence-corrected chi connectivity index (χ4v) is 2.58. The normalized spacial score (nSPS) is 10.4. The molecule has 0 aliphatic rings. The standard InChI is InChI=1S/C18H20ClNO/c1-13-9-10-16(14(2)12-13)18(21)20-11-5-7-15-6-3-4-8-17(15)19/h3-4,6,8-10,12H,5,7,11H2,1-2H3,(H,20,21). The van der Waals surface area contributed by atoms with Crippen molar-refractivity contribution in [2.75, 3.05) is 6.54 Å². The second-order valence-corrected chi connectivity index (χ2v) is 5.68. The Hall–Kier alpha value is -1.80. The third-order valence-electron chi connectivity index (χ3n) is 3.49. The van der Waals surface area contributed by atoms with E-state index in [2.05, 4.69) is 5.32 Å². The maximum Gasteiger partial charge on any atom is 0.251 e.